The lowest BCUT2D eigenvalue weighted by atomic mass is 9.99. The van der Waals surface area contributed by atoms with E-state index in [0.29, 0.717) is 12.4 Å². The second kappa shape index (κ2) is 6.70. The minimum atomic E-state index is -4.45. The molecule has 0 bridgehead atoms. The molecule has 0 radical (unpaired) electrons. The maximum absolute atomic E-state index is 12.7. The number of hydrogen-bond acceptors (Lipinski definition) is 2. The molecule has 0 saturated carbocycles. The van der Waals surface area contributed by atoms with Crippen molar-refractivity contribution in [2.24, 2.45) is 10.8 Å². The van der Waals surface area contributed by atoms with Crippen LogP contribution < -0.4 is 10.7 Å². The SMILES string of the molecule is CN1CCc2ccccc2/C1=N/N(C(N)=O)c1ccc(C(F)(F)F)cc1. The van der Waals surface area contributed by atoms with Crippen molar-refractivity contribution in [3.63, 3.8) is 0 Å². The van der Waals surface area contributed by atoms with Crippen LogP contribution in [0.5, 0.6) is 0 Å². The van der Waals surface area contributed by atoms with E-state index in [1.54, 1.807) is 0 Å². The third-order valence-electron chi connectivity index (χ3n) is 4.18. The Morgan fingerprint density at radius 3 is 2.42 bits per heavy atom. The minimum Gasteiger partial charge on any atom is -0.357 e. The van der Waals surface area contributed by atoms with E-state index in [1.165, 1.54) is 12.1 Å². The highest BCUT2D eigenvalue weighted by molar-refractivity contribution is 6.03. The predicted octanol–water partition coefficient (Wildman–Crippen LogP) is 3.44. The van der Waals surface area contributed by atoms with Crippen LogP contribution in [0.1, 0.15) is 16.7 Å². The first kappa shape index (κ1) is 17.8. The van der Waals surface area contributed by atoms with E-state index >= 15 is 0 Å². The van der Waals surface area contributed by atoms with Crippen LogP contribution in [-0.2, 0) is 12.6 Å². The topological polar surface area (TPSA) is 61.9 Å². The van der Waals surface area contributed by atoms with Gasteiger partial charge in [-0.25, -0.2) is 4.79 Å². The molecule has 136 valence electrons. The third-order valence-corrected chi connectivity index (χ3v) is 4.18. The molecule has 26 heavy (non-hydrogen) atoms. The summed E-state index contributed by atoms with van der Waals surface area (Å²) in [6, 6.07) is 10.9. The molecule has 2 aromatic carbocycles. The number of primary amides is 1. The molecule has 1 heterocycles. The molecule has 2 aromatic rings. The lowest BCUT2D eigenvalue weighted by Gasteiger charge is -2.29. The molecule has 2 N–H and O–H groups in total. The van der Waals surface area contributed by atoms with E-state index in [1.807, 2.05) is 36.2 Å². The van der Waals surface area contributed by atoms with Gasteiger partial charge in [-0.05, 0) is 36.2 Å². The molecule has 2 amide bonds. The molecule has 0 unspecified atom stereocenters. The summed E-state index contributed by atoms with van der Waals surface area (Å²) in [6.07, 6.45) is -3.62. The average molecular weight is 362 g/mol. The summed E-state index contributed by atoms with van der Waals surface area (Å²) in [5, 5.41) is 5.25. The molecular weight excluding hydrogens is 345 g/mol. The van der Waals surface area contributed by atoms with Crippen LogP contribution in [0.4, 0.5) is 23.7 Å². The van der Waals surface area contributed by atoms with Gasteiger partial charge in [-0.2, -0.15) is 18.2 Å². The van der Waals surface area contributed by atoms with Gasteiger partial charge in [0, 0.05) is 19.2 Å². The van der Waals surface area contributed by atoms with Crippen molar-refractivity contribution >= 4 is 17.6 Å². The number of amides is 2. The molecule has 0 fully saturated rings. The Bertz CT molecular complexity index is 846. The molecule has 0 aromatic heterocycles. The van der Waals surface area contributed by atoms with Gasteiger partial charge in [0.05, 0.1) is 11.3 Å². The Morgan fingerprint density at radius 2 is 1.81 bits per heavy atom. The fourth-order valence-corrected chi connectivity index (χ4v) is 2.81. The zero-order chi connectivity index (χ0) is 18.9. The van der Waals surface area contributed by atoms with E-state index in [-0.39, 0.29) is 5.69 Å². The Morgan fingerprint density at radius 1 is 1.15 bits per heavy atom. The van der Waals surface area contributed by atoms with Crippen molar-refractivity contribution < 1.29 is 18.0 Å². The number of urea groups is 1. The minimum absolute atomic E-state index is 0.162. The van der Waals surface area contributed by atoms with Crippen LogP contribution in [0.15, 0.2) is 53.6 Å². The van der Waals surface area contributed by atoms with Gasteiger partial charge in [-0.15, -0.1) is 5.10 Å². The summed E-state index contributed by atoms with van der Waals surface area (Å²) < 4.78 is 38.2. The Kier molecular flexibility index (Phi) is 4.58. The van der Waals surface area contributed by atoms with Crippen molar-refractivity contribution in [2.45, 2.75) is 12.6 Å². The monoisotopic (exact) mass is 362 g/mol. The number of nitrogens with two attached hydrogens (primary N) is 1. The summed E-state index contributed by atoms with van der Waals surface area (Å²) in [4.78, 5) is 13.8. The fraction of sp³-hybridized carbons (Fsp3) is 0.222. The number of carbonyl (C=O) groups is 1. The van der Waals surface area contributed by atoms with Crippen LogP contribution in [0.2, 0.25) is 0 Å². The number of halogens is 3. The number of fused-ring (bicyclic) bond motifs is 1. The summed E-state index contributed by atoms with van der Waals surface area (Å²) >= 11 is 0. The first-order valence-corrected chi connectivity index (χ1v) is 7.92. The van der Waals surface area contributed by atoms with E-state index in [2.05, 4.69) is 5.10 Å². The molecule has 3 rings (SSSR count). The summed E-state index contributed by atoms with van der Waals surface area (Å²) in [6.45, 7) is 0.704. The van der Waals surface area contributed by atoms with Gasteiger partial charge in [0.15, 0.2) is 5.84 Å². The molecule has 1 aliphatic heterocycles. The first-order valence-electron chi connectivity index (χ1n) is 7.92. The first-order chi connectivity index (χ1) is 12.3. The molecule has 1 aliphatic rings. The number of hydrogen-bond donors (Lipinski definition) is 1. The maximum atomic E-state index is 12.7. The summed E-state index contributed by atoms with van der Waals surface area (Å²) in [5.41, 5.74) is 6.71. The Balaban J connectivity index is 2.02. The number of anilines is 1. The number of hydrazone groups is 1. The number of benzene rings is 2. The smallest absolute Gasteiger partial charge is 0.357 e. The lowest BCUT2D eigenvalue weighted by Crippen LogP contribution is -2.39. The highest BCUT2D eigenvalue weighted by Gasteiger charge is 2.30. The lowest BCUT2D eigenvalue weighted by molar-refractivity contribution is -0.137. The normalized spacial score (nSPS) is 15.7. The van der Waals surface area contributed by atoms with Crippen LogP contribution in [0, 0.1) is 0 Å². The molecule has 8 heteroatoms. The van der Waals surface area contributed by atoms with Crippen molar-refractivity contribution in [1.82, 2.24) is 4.90 Å². The van der Waals surface area contributed by atoms with Crippen LogP contribution in [0.3, 0.4) is 0 Å². The van der Waals surface area contributed by atoms with Crippen LogP contribution >= 0.6 is 0 Å². The summed E-state index contributed by atoms with van der Waals surface area (Å²) in [5.74, 6) is 0.533. The highest BCUT2D eigenvalue weighted by Crippen LogP contribution is 2.31. The zero-order valence-electron chi connectivity index (χ0n) is 14.0. The quantitative estimate of drug-likeness (QED) is 0.832. The van der Waals surface area contributed by atoms with E-state index < -0.39 is 17.8 Å². The van der Waals surface area contributed by atoms with Gasteiger partial charge in [0.25, 0.3) is 0 Å². The summed E-state index contributed by atoms with van der Waals surface area (Å²) in [7, 11) is 1.83. The third kappa shape index (κ3) is 3.49. The van der Waals surface area contributed by atoms with Gasteiger partial charge >= 0.3 is 12.2 Å². The standard InChI is InChI=1S/C18H17F3N4O/c1-24-11-10-12-4-2-3-5-15(12)16(24)23-25(17(22)26)14-8-6-13(7-9-14)18(19,20)21/h2-9H,10-11H2,1H3,(H2,22,26)/b23-16-. The van der Waals surface area contributed by atoms with E-state index in [9.17, 15) is 18.0 Å². The number of nitrogens with zero attached hydrogens (tertiary/aromatic N) is 3. The van der Waals surface area contributed by atoms with Crippen LogP contribution in [0.25, 0.3) is 0 Å². The van der Waals surface area contributed by atoms with Crippen molar-refractivity contribution in [3.05, 3.63) is 65.2 Å². The zero-order valence-corrected chi connectivity index (χ0v) is 14.0. The second-order valence-corrected chi connectivity index (χ2v) is 5.95. The van der Waals surface area contributed by atoms with Crippen LogP contribution in [-0.4, -0.2) is 30.4 Å². The highest BCUT2D eigenvalue weighted by atomic mass is 19.4. The largest absolute Gasteiger partial charge is 0.416 e. The molecule has 0 saturated heterocycles. The number of carbonyl (C=O) groups excluding carboxylic acids is 1. The van der Waals surface area contributed by atoms with Gasteiger partial charge < -0.3 is 10.6 Å². The van der Waals surface area contributed by atoms with E-state index in [0.717, 1.165) is 34.7 Å². The molecule has 0 atom stereocenters. The number of amidine groups is 1. The molecule has 5 nitrogen and oxygen atoms in total. The predicted molar refractivity (Wildman–Crippen MR) is 92.8 cm³/mol. The van der Waals surface area contributed by atoms with Gasteiger partial charge in [0.1, 0.15) is 0 Å². The van der Waals surface area contributed by atoms with Gasteiger partial charge in [-0.1, -0.05) is 24.3 Å². The van der Waals surface area contributed by atoms with Gasteiger partial charge in [-0.3, -0.25) is 0 Å². The van der Waals surface area contributed by atoms with Crippen molar-refractivity contribution in [2.75, 3.05) is 18.6 Å². The average Bonchev–Trinajstić information content (AvgIpc) is 2.60. The number of rotatable bonds is 2. The van der Waals surface area contributed by atoms with Gasteiger partial charge in [0.2, 0.25) is 0 Å². The Hall–Kier alpha value is -3.03. The molecule has 0 aliphatic carbocycles. The van der Waals surface area contributed by atoms with Crippen molar-refractivity contribution in [1.29, 1.82) is 0 Å². The maximum Gasteiger partial charge on any atom is 0.416 e. The van der Waals surface area contributed by atoms with Crippen molar-refractivity contribution in [3.8, 4) is 0 Å². The molecular formula is C18H17F3N4O. The number of likely N-dealkylation sites (N-methyl/N-ethyl adjacent to an activating group) is 1. The second-order valence-electron chi connectivity index (χ2n) is 5.95. The number of alkyl halides is 3. The Labute approximate surface area is 148 Å². The molecule has 0 spiro atoms. The fourth-order valence-electron chi connectivity index (χ4n) is 2.81. The van der Waals surface area contributed by atoms with E-state index in [4.69, 9.17) is 5.73 Å².